The molecule has 0 aliphatic carbocycles. The average Bonchev–Trinajstić information content (AvgIpc) is 2.47. The molecule has 116 valence electrons. The Bertz CT molecular complexity index is 656. The van der Waals surface area contributed by atoms with Crippen molar-refractivity contribution in [2.45, 2.75) is 19.9 Å². The van der Waals surface area contributed by atoms with E-state index in [1.165, 1.54) is 0 Å². The first-order valence-corrected chi connectivity index (χ1v) is 7.65. The SMILES string of the molecule is Cc1cc(Cl)ccc1OCC(=O)N[C@@H](C)c1ccc(Cl)cc1. The lowest BCUT2D eigenvalue weighted by atomic mass is 10.1. The summed E-state index contributed by atoms with van der Waals surface area (Å²) in [6.45, 7) is 3.75. The summed E-state index contributed by atoms with van der Waals surface area (Å²) in [5.41, 5.74) is 1.88. The summed E-state index contributed by atoms with van der Waals surface area (Å²) in [6.07, 6.45) is 0. The molecule has 0 aromatic heterocycles. The molecule has 0 radical (unpaired) electrons. The van der Waals surface area contributed by atoms with E-state index in [4.69, 9.17) is 27.9 Å². The van der Waals surface area contributed by atoms with Gasteiger partial charge in [-0.25, -0.2) is 0 Å². The fourth-order valence-electron chi connectivity index (χ4n) is 2.04. The molecule has 0 saturated heterocycles. The van der Waals surface area contributed by atoms with E-state index >= 15 is 0 Å². The molecule has 3 nitrogen and oxygen atoms in total. The molecule has 0 fully saturated rings. The summed E-state index contributed by atoms with van der Waals surface area (Å²) in [6, 6.07) is 12.5. The van der Waals surface area contributed by atoms with Gasteiger partial charge in [-0.3, -0.25) is 4.79 Å². The number of nitrogens with one attached hydrogen (secondary N) is 1. The van der Waals surface area contributed by atoms with Crippen molar-refractivity contribution >= 4 is 29.1 Å². The first-order chi connectivity index (χ1) is 10.5. The van der Waals surface area contributed by atoms with Gasteiger partial charge in [0.1, 0.15) is 5.75 Å². The van der Waals surface area contributed by atoms with Crippen LogP contribution in [0.5, 0.6) is 5.75 Å². The fourth-order valence-corrected chi connectivity index (χ4v) is 2.39. The molecular weight excluding hydrogens is 321 g/mol. The normalized spacial score (nSPS) is 11.8. The quantitative estimate of drug-likeness (QED) is 0.868. The van der Waals surface area contributed by atoms with E-state index in [1.807, 2.05) is 26.0 Å². The first kappa shape index (κ1) is 16.7. The van der Waals surface area contributed by atoms with Crippen molar-refractivity contribution in [2.75, 3.05) is 6.61 Å². The number of rotatable bonds is 5. The van der Waals surface area contributed by atoms with Gasteiger partial charge in [0.05, 0.1) is 6.04 Å². The number of carbonyl (C=O) groups excluding carboxylic acids is 1. The van der Waals surface area contributed by atoms with Crippen molar-refractivity contribution in [2.24, 2.45) is 0 Å². The Kier molecular flexibility index (Phi) is 5.69. The maximum absolute atomic E-state index is 12.0. The summed E-state index contributed by atoms with van der Waals surface area (Å²) in [5.74, 6) is 0.468. The highest BCUT2D eigenvalue weighted by atomic mass is 35.5. The Hall–Kier alpha value is -1.71. The number of amides is 1. The molecule has 1 atom stereocenters. The minimum Gasteiger partial charge on any atom is -0.484 e. The van der Waals surface area contributed by atoms with Crippen LogP contribution in [-0.4, -0.2) is 12.5 Å². The van der Waals surface area contributed by atoms with Crippen LogP contribution >= 0.6 is 23.2 Å². The molecule has 0 bridgehead atoms. The highest BCUT2D eigenvalue weighted by molar-refractivity contribution is 6.30. The average molecular weight is 338 g/mol. The fraction of sp³-hybridized carbons (Fsp3) is 0.235. The molecule has 2 aromatic carbocycles. The predicted octanol–water partition coefficient (Wildman–Crippen LogP) is 4.56. The van der Waals surface area contributed by atoms with Gasteiger partial charge in [0.25, 0.3) is 5.91 Å². The molecule has 0 aliphatic heterocycles. The van der Waals surface area contributed by atoms with Gasteiger partial charge in [0.15, 0.2) is 6.61 Å². The second-order valence-electron chi connectivity index (χ2n) is 5.04. The van der Waals surface area contributed by atoms with Crippen LogP contribution in [0.15, 0.2) is 42.5 Å². The molecule has 0 aliphatic rings. The number of carbonyl (C=O) groups is 1. The van der Waals surface area contributed by atoms with Crippen LogP contribution in [0.1, 0.15) is 24.1 Å². The predicted molar refractivity (Wildman–Crippen MR) is 89.7 cm³/mol. The van der Waals surface area contributed by atoms with E-state index < -0.39 is 0 Å². The third-order valence-corrected chi connectivity index (χ3v) is 3.73. The van der Waals surface area contributed by atoms with Gasteiger partial charge in [-0.1, -0.05) is 35.3 Å². The molecular formula is C17H17Cl2NO2. The van der Waals surface area contributed by atoms with Gasteiger partial charge >= 0.3 is 0 Å². The summed E-state index contributed by atoms with van der Waals surface area (Å²) in [5, 5.41) is 4.20. The summed E-state index contributed by atoms with van der Waals surface area (Å²) in [4.78, 5) is 12.0. The molecule has 22 heavy (non-hydrogen) atoms. The Balaban J connectivity index is 1.88. The Labute approximate surface area is 140 Å². The highest BCUT2D eigenvalue weighted by Crippen LogP contribution is 2.21. The lowest BCUT2D eigenvalue weighted by Crippen LogP contribution is -2.31. The van der Waals surface area contributed by atoms with Crippen LogP contribution in [0.25, 0.3) is 0 Å². The maximum atomic E-state index is 12.0. The zero-order chi connectivity index (χ0) is 16.1. The number of aryl methyl sites for hydroxylation is 1. The standard InChI is InChI=1S/C17H17Cl2NO2/c1-11-9-15(19)7-8-16(11)22-10-17(21)20-12(2)13-3-5-14(18)6-4-13/h3-9,12H,10H2,1-2H3,(H,20,21)/t12-/m0/s1. The summed E-state index contributed by atoms with van der Waals surface area (Å²) in [7, 11) is 0. The largest absolute Gasteiger partial charge is 0.484 e. The maximum Gasteiger partial charge on any atom is 0.258 e. The number of ether oxygens (including phenoxy) is 1. The van der Waals surface area contributed by atoms with E-state index in [0.717, 1.165) is 11.1 Å². The molecule has 1 N–H and O–H groups in total. The Morgan fingerprint density at radius 3 is 2.41 bits per heavy atom. The molecule has 1 amide bonds. The minimum absolute atomic E-state index is 0.0413. The van der Waals surface area contributed by atoms with Crippen molar-refractivity contribution in [1.29, 1.82) is 0 Å². The first-order valence-electron chi connectivity index (χ1n) is 6.89. The second-order valence-corrected chi connectivity index (χ2v) is 5.91. The van der Waals surface area contributed by atoms with Crippen LogP contribution in [0.4, 0.5) is 0 Å². The topological polar surface area (TPSA) is 38.3 Å². The van der Waals surface area contributed by atoms with Gasteiger partial charge in [-0.15, -0.1) is 0 Å². The van der Waals surface area contributed by atoms with Crippen molar-refractivity contribution in [3.63, 3.8) is 0 Å². The summed E-state index contributed by atoms with van der Waals surface area (Å²) < 4.78 is 5.52. The summed E-state index contributed by atoms with van der Waals surface area (Å²) >= 11 is 11.7. The van der Waals surface area contributed by atoms with Crippen molar-refractivity contribution in [3.05, 3.63) is 63.6 Å². The zero-order valence-corrected chi connectivity index (χ0v) is 13.9. The molecule has 2 rings (SSSR count). The molecule has 2 aromatic rings. The van der Waals surface area contributed by atoms with Crippen molar-refractivity contribution in [1.82, 2.24) is 5.32 Å². The molecule has 0 unspecified atom stereocenters. The van der Waals surface area contributed by atoms with Crippen LogP contribution in [0.2, 0.25) is 10.0 Å². The lowest BCUT2D eigenvalue weighted by molar-refractivity contribution is -0.123. The van der Waals surface area contributed by atoms with E-state index in [-0.39, 0.29) is 18.6 Å². The molecule has 5 heteroatoms. The number of benzene rings is 2. The molecule has 0 heterocycles. The second kappa shape index (κ2) is 7.52. The monoisotopic (exact) mass is 337 g/mol. The lowest BCUT2D eigenvalue weighted by Gasteiger charge is -2.15. The third kappa shape index (κ3) is 4.65. The number of hydrogen-bond acceptors (Lipinski definition) is 2. The number of halogens is 2. The molecule has 0 saturated carbocycles. The third-order valence-electron chi connectivity index (χ3n) is 3.24. The molecule has 0 spiro atoms. The van der Waals surface area contributed by atoms with Crippen LogP contribution < -0.4 is 10.1 Å². The minimum atomic E-state index is -0.184. The van der Waals surface area contributed by atoms with Gasteiger partial charge in [0.2, 0.25) is 0 Å². The van der Waals surface area contributed by atoms with E-state index in [9.17, 15) is 4.79 Å². The van der Waals surface area contributed by atoms with Gasteiger partial charge in [0, 0.05) is 10.0 Å². The smallest absolute Gasteiger partial charge is 0.258 e. The van der Waals surface area contributed by atoms with Crippen LogP contribution in [-0.2, 0) is 4.79 Å². The van der Waals surface area contributed by atoms with Crippen molar-refractivity contribution < 1.29 is 9.53 Å². The van der Waals surface area contributed by atoms with Gasteiger partial charge in [-0.2, -0.15) is 0 Å². The van der Waals surface area contributed by atoms with Crippen molar-refractivity contribution in [3.8, 4) is 5.75 Å². The number of hydrogen-bond donors (Lipinski definition) is 1. The van der Waals surface area contributed by atoms with Gasteiger partial charge in [-0.05, 0) is 55.3 Å². The highest BCUT2D eigenvalue weighted by Gasteiger charge is 2.10. The Morgan fingerprint density at radius 1 is 1.14 bits per heavy atom. The Morgan fingerprint density at radius 2 is 1.77 bits per heavy atom. The van der Waals surface area contributed by atoms with E-state index in [2.05, 4.69) is 5.32 Å². The van der Waals surface area contributed by atoms with Gasteiger partial charge < -0.3 is 10.1 Å². The van der Waals surface area contributed by atoms with E-state index in [0.29, 0.717) is 15.8 Å². The van der Waals surface area contributed by atoms with Crippen LogP contribution in [0.3, 0.4) is 0 Å². The van der Waals surface area contributed by atoms with E-state index in [1.54, 1.807) is 30.3 Å². The van der Waals surface area contributed by atoms with Crippen LogP contribution in [0, 0.1) is 6.92 Å². The zero-order valence-electron chi connectivity index (χ0n) is 12.4.